The first kappa shape index (κ1) is 15.2. The van der Waals surface area contributed by atoms with Crippen LogP contribution < -0.4 is 5.32 Å². The van der Waals surface area contributed by atoms with Crippen molar-refractivity contribution < 1.29 is 14.7 Å². The third-order valence-electron chi connectivity index (χ3n) is 2.97. The van der Waals surface area contributed by atoms with Crippen LogP contribution in [-0.2, 0) is 11.3 Å². The van der Waals surface area contributed by atoms with Crippen LogP contribution in [0.2, 0.25) is 0 Å². The number of benzene rings is 1. The molecule has 0 fully saturated rings. The van der Waals surface area contributed by atoms with Gasteiger partial charge in [0, 0.05) is 26.1 Å². The van der Waals surface area contributed by atoms with E-state index in [1.165, 1.54) is 0 Å². The van der Waals surface area contributed by atoms with E-state index in [1.807, 2.05) is 24.9 Å². The maximum absolute atomic E-state index is 11.4. The van der Waals surface area contributed by atoms with Crippen molar-refractivity contribution in [1.82, 2.24) is 10.2 Å². The van der Waals surface area contributed by atoms with Crippen LogP contribution in [0, 0.1) is 5.92 Å². The molecule has 0 aromatic heterocycles. The summed E-state index contributed by atoms with van der Waals surface area (Å²) in [6, 6.07) is 6.91. The van der Waals surface area contributed by atoms with E-state index >= 15 is 0 Å². The molecule has 1 aromatic rings. The van der Waals surface area contributed by atoms with Gasteiger partial charge in [0.05, 0.1) is 5.56 Å². The lowest BCUT2D eigenvalue weighted by molar-refractivity contribution is -0.124. The standard InChI is InChI=1S/C14H20N2O3/c1-10(13(17)15-2)8-16(3)9-11-6-4-5-7-12(11)14(18)19/h4-7,10H,8-9H2,1-3H3,(H,15,17)(H,18,19). The summed E-state index contributed by atoms with van der Waals surface area (Å²) in [4.78, 5) is 24.5. The van der Waals surface area contributed by atoms with E-state index in [9.17, 15) is 9.59 Å². The number of carboxylic acids is 1. The summed E-state index contributed by atoms with van der Waals surface area (Å²) in [6.45, 7) is 2.93. The van der Waals surface area contributed by atoms with Crippen LogP contribution in [0.4, 0.5) is 0 Å². The first-order chi connectivity index (χ1) is 8.95. The number of aromatic carboxylic acids is 1. The third kappa shape index (κ3) is 4.37. The maximum Gasteiger partial charge on any atom is 0.336 e. The monoisotopic (exact) mass is 264 g/mol. The van der Waals surface area contributed by atoms with Crippen molar-refractivity contribution >= 4 is 11.9 Å². The number of carbonyl (C=O) groups is 2. The molecule has 1 atom stereocenters. The van der Waals surface area contributed by atoms with Gasteiger partial charge in [-0.15, -0.1) is 0 Å². The summed E-state index contributed by atoms with van der Waals surface area (Å²) < 4.78 is 0. The summed E-state index contributed by atoms with van der Waals surface area (Å²) in [6.07, 6.45) is 0. The summed E-state index contributed by atoms with van der Waals surface area (Å²) >= 11 is 0. The predicted octanol–water partition coefficient (Wildman–Crippen LogP) is 1.20. The fourth-order valence-electron chi connectivity index (χ4n) is 2.02. The molecule has 0 heterocycles. The zero-order valence-corrected chi connectivity index (χ0v) is 11.5. The van der Waals surface area contributed by atoms with Crippen molar-refractivity contribution in [3.63, 3.8) is 0 Å². The second-order valence-electron chi connectivity index (χ2n) is 4.67. The zero-order valence-electron chi connectivity index (χ0n) is 11.5. The molecule has 5 nitrogen and oxygen atoms in total. The summed E-state index contributed by atoms with van der Waals surface area (Å²) in [5.41, 5.74) is 1.06. The minimum atomic E-state index is -0.927. The smallest absolute Gasteiger partial charge is 0.336 e. The molecular weight excluding hydrogens is 244 g/mol. The van der Waals surface area contributed by atoms with Gasteiger partial charge in [-0.05, 0) is 18.7 Å². The Morgan fingerprint density at radius 3 is 2.58 bits per heavy atom. The molecule has 1 aromatic carbocycles. The van der Waals surface area contributed by atoms with E-state index in [4.69, 9.17) is 5.11 Å². The van der Waals surface area contributed by atoms with Crippen LogP contribution in [-0.4, -0.2) is 42.5 Å². The van der Waals surface area contributed by atoms with Gasteiger partial charge in [0.25, 0.3) is 0 Å². The number of rotatable bonds is 6. The van der Waals surface area contributed by atoms with Crippen molar-refractivity contribution in [1.29, 1.82) is 0 Å². The molecule has 104 valence electrons. The second-order valence-corrected chi connectivity index (χ2v) is 4.67. The SMILES string of the molecule is CNC(=O)C(C)CN(C)Cc1ccccc1C(=O)O. The molecule has 0 radical (unpaired) electrons. The molecule has 0 spiro atoms. The number of nitrogens with zero attached hydrogens (tertiary/aromatic N) is 1. The van der Waals surface area contributed by atoms with Crippen molar-refractivity contribution in [3.8, 4) is 0 Å². The van der Waals surface area contributed by atoms with Crippen molar-refractivity contribution in [2.45, 2.75) is 13.5 Å². The van der Waals surface area contributed by atoms with E-state index in [0.29, 0.717) is 18.7 Å². The molecule has 5 heteroatoms. The molecule has 1 rings (SSSR count). The van der Waals surface area contributed by atoms with E-state index < -0.39 is 5.97 Å². The van der Waals surface area contributed by atoms with Gasteiger partial charge in [0.2, 0.25) is 5.91 Å². The Balaban J connectivity index is 2.69. The first-order valence-corrected chi connectivity index (χ1v) is 6.17. The molecule has 0 saturated heterocycles. The molecule has 1 amide bonds. The summed E-state index contributed by atoms with van der Waals surface area (Å²) in [5, 5.41) is 11.7. The van der Waals surface area contributed by atoms with E-state index in [0.717, 1.165) is 5.56 Å². The lowest BCUT2D eigenvalue weighted by Gasteiger charge is -2.21. The minimum absolute atomic E-state index is 0.0154. The molecule has 2 N–H and O–H groups in total. The fraction of sp³-hybridized carbons (Fsp3) is 0.429. The van der Waals surface area contributed by atoms with E-state index in [-0.39, 0.29) is 11.8 Å². The van der Waals surface area contributed by atoms with Gasteiger partial charge in [-0.25, -0.2) is 4.79 Å². The Labute approximate surface area is 113 Å². The molecule has 0 aliphatic heterocycles. The van der Waals surface area contributed by atoms with Crippen LogP contribution >= 0.6 is 0 Å². The largest absolute Gasteiger partial charge is 0.478 e. The van der Waals surface area contributed by atoms with Crippen LogP contribution in [0.5, 0.6) is 0 Å². The van der Waals surface area contributed by atoms with Crippen molar-refractivity contribution in [2.75, 3.05) is 20.6 Å². The van der Waals surface area contributed by atoms with Gasteiger partial charge in [-0.3, -0.25) is 4.79 Å². The average Bonchev–Trinajstić information content (AvgIpc) is 2.37. The van der Waals surface area contributed by atoms with Crippen molar-refractivity contribution in [2.24, 2.45) is 5.92 Å². The highest BCUT2D eigenvalue weighted by Crippen LogP contribution is 2.12. The molecule has 0 saturated carbocycles. The third-order valence-corrected chi connectivity index (χ3v) is 2.97. The van der Waals surface area contributed by atoms with Gasteiger partial charge in [-0.1, -0.05) is 25.1 Å². The van der Waals surface area contributed by atoms with Crippen LogP contribution in [0.3, 0.4) is 0 Å². The van der Waals surface area contributed by atoms with Crippen LogP contribution in [0.15, 0.2) is 24.3 Å². The number of hydrogen-bond acceptors (Lipinski definition) is 3. The lowest BCUT2D eigenvalue weighted by atomic mass is 10.1. The number of carbonyl (C=O) groups excluding carboxylic acids is 1. The highest BCUT2D eigenvalue weighted by molar-refractivity contribution is 5.89. The van der Waals surface area contributed by atoms with Gasteiger partial charge in [0.15, 0.2) is 0 Å². The number of carboxylic acid groups (broad SMARTS) is 1. The lowest BCUT2D eigenvalue weighted by Crippen LogP contribution is -2.34. The quantitative estimate of drug-likeness (QED) is 0.810. The zero-order chi connectivity index (χ0) is 14.4. The Kier molecular flexibility index (Phi) is 5.51. The fourth-order valence-corrected chi connectivity index (χ4v) is 2.02. The van der Waals surface area contributed by atoms with Crippen molar-refractivity contribution in [3.05, 3.63) is 35.4 Å². The number of amides is 1. The average molecular weight is 264 g/mol. The number of hydrogen-bond donors (Lipinski definition) is 2. The number of nitrogens with one attached hydrogen (secondary N) is 1. The molecule has 0 bridgehead atoms. The molecule has 0 aliphatic carbocycles. The van der Waals surface area contributed by atoms with Gasteiger partial charge >= 0.3 is 5.97 Å². The van der Waals surface area contributed by atoms with Gasteiger partial charge in [-0.2, -0.15) is 0 Å². The first-order valence-electron chi connectivity index (χ1n) is 6.17. The predicted molar refractivity (Wildman–Crippen MR) is 73.0 cm³/mol. The molecular formula is C14H20N2O3. The Morgan fingerprint density at radius 1 is 1.37 bits per heavy atom. The second kappa shape index (κ2) is 6.89. The molecule has 0 aliphatic rings. The molecule has 1 unspecified atom stereocenters. The normalized spacial score (nSPS) is 12.2. The Morgan fingerprint density at radius 2 is 2.00 bits per heavy atom. The maximum atomic E-state index is 11.4. The Bertz CT molecular complexity index is 460. The highest BCUT2D eigenvalue weighted by Gasteiger charge is 2.15. The van der Waals surface area contributed by atoms with E-state index in [1.54, 1.807) is 25.2 Å². The van der Waals surface area contributed by atoms with Crippen LogP contribution in [0.25, 0.3) is 0 Å². The van der Waals surface area contributed by atoms with Crippen LogP contribution in [0.1, 0.15) is 22.8 Å². The Hall–Kier alpha value is -1.88. The van der Waals surface area contributed by atoms with Gasteiger partial charge in [0.1, 0.15) is 0 Å². The topological polar surface area (TPSA) is 69.6 Å². The highest BCUT2D eigenvalue weighted by atomic mass is 16.4. The van der Waals surface area contributed by atoms with Gasteiger partial charge < -0.3 is 15.3 Å². The summed E-state index contributed by atoms with van der Waals surface area (Å²) in [7, 11) is 3.48. The minimum Gasteiger partial charge on any atom is -0.478 e. The molecule has 19 heavy (non-hydrogen) atoms. The summed E-state index contributed by atoms with van der Waals surface area (Å²) in [5.74, 6) is -1.08. The van der Waals surface area contributed by atoms with E-state index in [2.05, 4.69) is 5.32 Å².